The van der Waals surface area contributed by atoms with Crippen LogP contribution >= 0.6 is 0 Å². The Balaban J connectivity index is 2.12. The highest BCUT2D eigenvalue weighted by Gasteiger charge is 2.31. The molecular weight excluding hydrogens is 304 g/mol. The minimum atomic E-state index is -0.560. The van der Waals surface area contributed by atoms with Crippen LogP contribution in [0.25, 0.3) is 0 Å². The third-order valence-corrected chi connectivity index (χ3v) is 4.07. The zero-order valence-corrected chi connectivity index (χ0v) is 13.6. The highest BCUT2D eigenvalue weighted by molar-refractivity contribution is 5.97. The van der Waals surface area contributed by atoms with Crippen LogP contribution in [0, 0.1) is 0 Å². The molecule has 1 aromatic rings. The van der Waals surface area contributed by atoms with Gasteiger partial charge in [-0.1, -0.05) is 37.3 Å². The van der Waals surface area contributed by atoms with E-state index in [9.17, 15) is 9.59 Å². The number of hydrogen-bond donors (Lipinski definition) is 1. The van der Waals surface area contributed by atoms with Crippen molar-refractivity contribution in [2.75, 3.05) is 4.90 Å². The highest BCUT2D eigenvalue weighted by atomic mass is 16.5. The maximum Gasteiger partial charge on any atom is 0.323 e. The molecule has 0 bridgehead atoms. The number of benzene rings is 1. The lowest BCUT2D eigenvalue weighted by atomic mass is 10.0. The topological polar surface area (TPSA) is 72.6 Å². The van der Waals surface area contributed by atoms with Gasteiger partial charge in [0.25, 0.3) is 0 Å². The Morgan fingerprint density at radius 1 is 1.33 bits per heavy atom. The summed E-state index contributed by atoms with van der Waals surface area (Å²) in [5.74, 6) is -0.251. The van der Waals surface area contributed by atoms with E-state index in [0.29, 0.717) is 18.5 Å². The van der Waals surface area contributed by atoms with Crippen LogP contribution in [0.5, 0.6) is 0 Å². The molecule has 1 aromatic carbocycles. The van der Waals surface area contributed by atoms with Crippen LogP contribution in [-0.2, 0) is 9.53 Å². The van der Waals surface area contributed by atoms with E-state index >= 15 is 0 Å². The van der Waals surface area contributed by atoms with Gasteiger partial charge in [-0.15, -0.1) is 0 Å². The Labute approximate surface area is 141 Å². The molecular formula is C19H20N2O3. The first-order valence-electron chi connectivity index (χ1n) is 8.07. The van der Waals surface area contributed by atoms with E-state index in [0.717, 1.165) is 23.3 Å². The second-order valence-corrected chi connectivity index (χ2v) is 5.77. The zero-order chi connectivity index (χ0) is 17.1. The maximum absolute atomic E-state index is 12.1. The predicted molar refractivity (Wildman–Crippen MR) is 92.2 cm³/mol. The van der Waals surface area contributed by atoms with Gasteiger partial charge in [0.15, 0.2) is 0 Å². The summed E-state index contributed by atoms with van der Waals surface area (Å²) in [5, 5.41) is 0. The molecule has 1 aliphatic heterocycles. The van der Waals surface area contributed by atoms with Crippen LogP contribution < -0.4 is 10.6 Å². The molecule has 5 nitrogen and oxygen atoms in total. The van der Waals surface area contributed by atoms with E-state index in [1.165, 1.54) is 4.90 Å². The van der Waals surface area contributed by atoms with Gasteiger partial charge in [-0.05, 0) is 36.6 Å². The first-order valence-corrected chi connectivity index (χ1v) is 8.07. The molecule has 124 valence electrons. The molecule has 0 saturated heterocycles. The number of carbonyl (C=O) groups is 2. The molecule has 3 rings (SSSR count). The number of ether oxygens (including phenoxy) is 1. The number of nitrogens with zero attached hydrogens (tertiary/aromatic N) is 1. The van der Waals surface area contributed by atoms with Crippen molar-refractivity contribution in [3.8, 4) is 0 Å². The van der Waals surface area contributed by atoms with E-state index in [-0.39, 0.29) is 5.97 Å². The SMILES string of the molecule is CCCC(=O)OC1C=C2CC=CC=C2N(C(N)=O)c2ccccc21. The molecule has 0 saturated carbocycles. The Morgan fingerprint density at radius 3 is 2.88 bits per heavy atom. The van der Waals surface area contributed by atoms with Crippen LogP contribution in [-0.4, -0.2) is 12.0 Å². The average Bonchev–Trinajstić information content (AvgIpc) is 2.69. The predicted octanol–water partition coefficient (Wildman–Crippen LogP) is 3.74. The number of anilines is 1. The normalized spacial score (nSPS) is 18.7. The van der Waals surface area contributed by atoms with E-state index < -0.39 is 12.1 Å². The molecule has 24 heavy (non-hydrogen) atoms. The lowest BCUT2D eigenvalue weighted by Gasteiger charge is -2.26. The Bertz CT molecular complexity index is 762. The number of para-hydroxylation sites is 1. The minimum absolute atomic E-state index is 0.251. The number of allylic oxidation sites excluding steroid dienone is 4. The molecule has 0 spiro atoms. The van der Waals surface area contributed by atoms with Gasteiger partial charge in [0.1, 0.15) is 6.10 Å². The van der Waals surface area contributed by atoms with Gasteiger partial charge in [0.2, 0.25) is 0 Å². The summed E-state index contributed by atoms with van der Waals surface area (Å²) in [4.78, 5) is 25.6. The smallest absolute Gasteiger partial charge is 0.323 e. The van der Waals surface area contributed by atoms with Crippen LogP contribution in [0.15, 0.2) is 59.8 Å². The second-order valence-electron chi connectivity index (χ2n) is 5.77. The van der Waals surface area contributed by atoms with Gasteiger partial charge in [0.05, 0.1) is 11.4 Å². The quantitative estimate of drug-likeness (QED) is 0.861. The number of amides is 2. The maximum atomic E-state index is 12.1. The van der Waals surface area contributed by atoms with Crippen molar-refractivity contribution in [2.24, 2.45) is 5.73 Å². The fraction of sp³-hybridized carbons (Fsp3) is 0.263. The van der Waals surface area contributed by atoms with Crippen LogP contribution in [0.3, 0.4) is 0 Å². The van der Waals surface area contributed by atoms with Gasteiger partial charge >= 0.3 is 12.0 Å². The number of rotatable bonds is 3. The number of nitrogens with two attached hydrogens (primary N) is 1. The van der Waals surface area contributed by atoms with Crippen LogP contribution in [0.4, 0.5) is 10.5 Å². The van der Waals surface area contributed by atoms with Crippen molar-refractivity contribution < 1.29 is 14.3 Å². The number of carbonyl (C=O) groups excluding carboxylic acids is 2. The van der Waals surface area contributed by atoms with Gasteiger partial charge in [0, 0.05) is 12.0 Å². The summed E-state index contributed by atoms with van der Waals surface area (Å²) in [6.45, 7) is 1.93. The van der Waals surface area contributed by atoms with Gasteiger partial charge in [-0.2, -0.15) is 0 Å². The molecule has 0 aromatic heterocycles. The molecule has 1 unspecified atom stereocenters. The van der Waals surface area contributed by atoms with Gasteiger partial charge < -0.3 is 10.5 Å². The Hall–Kier alpha value is -2.82. The molecule has 1 aliphatic carbocycles. The Kier molecular flexibility index (Phi) is 4.51. The highest BCUT2D eigenvalue weighted by Crippen LogP contribution is 2.40. The lowest BCUT2D eigenvalue weighted by molar-refractivity contribution is -0.147. The van der Waals surface area contributed by atoms with Gasteiger partial charge in [-0.3, -0.25) is 9.69 Å². The summed E-state index contributed by atoms with van der Waals surface area (Å²) >= 11 is 0. The van der Waals surface area contributed by atoms with Crippen molar-refractivity contribution in [3.63, 3.8) is 0 Å². The fourth-order valence-electron chi connectivity index (χ4n) is 3.01. The van der Waals surface area contributed by atoms with E-state index in [2.05, 4.69) is 0 Å². The fourth-order valence-corrected chi connectivity index (χ4v) is 3.01. The van der Waals surface area contributed by atoms with E-state index in [1.54, 1.807) is 0 Å². The molecule has 2 amide bonds. The van der Waals surface area contributed by atoms with Crippen molar-refractivity contribution in [2.45, 2.75) is 32.3 Å². The molecule has 0 radical (unpaired) electrons. The summed E-state index contributed by atoms with van der Waals surface area (Å²) in [6.07, 6.45) is 8.87. The number of esters is 1. The molecule has 0 fully saturated rings. The molecule has 2 N–H and O–H groups in total. The molecule has 5 heteroatoms. The third-order valence-electron chi connectivity index (χ3n) is 4.07. The Morgan fingerprint density at radius 2 is 2.12 bits per heavy atom. The first-order chi connectivity index (χ1) is 11.6. The first kappa shape index (κ1) is 16.1. The number of hydrogen-bond acceptors (Lipinski definition) is 3. The molecule has 1 heterocycles. The number of fused-ring (bicyclic) bond motifs is 2. The number of urea groups is 1. The number of primary amides is 1. The van der Waals surface area contributed by atoms with Crippen molar-refractivity contribution in [1.82, 2.24) is 0 Å². The minimum Gasteiger partial charge on any atom is -0.453 e. The van der Waals surface area contributed by atoms with Crippen molar-refractivity contribution in [1.29, 1.82) is 0 Å². The van der Waals surface area contributed by atoms with E-state index in [4.69, 9.17) is 10.5 Å². The van der Waals surface area contributed by atoms with Crippen LogP contribution in [0.2, 0.25) is 0 Å². The summed E-state index contributed by atoms with van der Waals surface area (Å²) in [6, 6.07) is 6.81. The van der Waals surface area contributed by atoms with E-state index in [1.807, 2.05) is 55.5 Å². The second kappa shape index (κ2) is 6.74. The average molecular weight is 324 g/mol. The standard InChI is InChI=1S/C19H20N2O3/c1-2-7-18(22)24-17-12-13-8-3-5-10-15(13)21(19(20)23)16-11-6-4-9-14(16)17/h3-6,9-12,17H,2,7-8H2,1H3,(H2,20,23). The largest absolute Gasteiger partial charge is 0.453 e. The molecule has 1 atom stereocenters. The van der Waals surface area contributed by atoms with Crippen LogP contribution in [0.1, 0.15) is 37.9 Å². The molecule has 2 aliphatic rings. The van der Waals surface area contributed by atoms with Crippen molar-refractivity contribution >= 4 is 17.7 Å². The third kappa shape index (κ3) is 2.97. The van der Waals surface area contributed by atoms with Gasteiger partial charge in [-0.25, -0.2) is 4.79 Å². The summed E-state index contributed by atoms with van der Waals surface area (Å²) in [7, 11) is 0. The summed E-state index contributed by atoms with van der Waals surface area (Å²) < 4.78 is 5.67. The lowest BCUT2D eigenvalue weighted by Crippen LogP contribution is -2.36. The summed E-state index contributed by atoms with van der Waals surface area (Å²) in [5.41, 5.74) is 8.69. The zero-order valence-electron chi connectivity index (χ0n) is 13.6. The van der Waals surface area contributed by atoms with Crippen molar-refractivity contribution in [3.05, 3.63) is 65.4 Å². The monoisotopic (exact) mass is 324 g/mol.